The topological polar surface area (TPSA) is 46.9 Å². The van der Waals surface area contributed by atoms with E-state index in [1.54, 1.807) is 12.3 Å². The van der Waals surface area contributed by atoms with E-state index in [1.807, 2.05) is 69.5 Å². The van der Waals surface area contributed by atoms with Crippen LogP contribution in [0.5, 0.6) is 0 Å². The van der Waals surface area contributed by atoms with Crippen molar-refractivity contribution in [3.05, 3.63) is 86.8 Å². The first kappa shape index (κ1) is 26.6. The van der Waals surface area contributed by atoms with E-state index in [-0.39, 0.29) is 5.56 Å². The second-order valence-electron chi connectivity index (χ2n) is 5.99. The van der Waals surface area contributed by atoms with Crippen molar-refractivity contribution in [2.24, 2.45) is 0 Å². The molecule has 0 spiro atoms. The van der Waals surface area contributed by atoms with Crippen LogP contribution < -0.4 is 10.9 Å². The molecule has 0 saturated heterocycles. The number of hydrogen-bond acceptors (Lipinski definition) is 3. The maximum absolute atomic E-state index is 12.0. The van der Waals surface area contributed by atoms with Gasteiger partial charge < -0.3 is 9.88 Å². The van der Waals surface area contributed by atoms with Crippen molar-refractivity contribution in [1.82, 2.24) is 9.55 Å². The van der Waals surface area contributed by atoms with Crippen LogP contribution in [0.25, 0.3) is 0 Å². The minimum absolute atomic E-state index is 0.285. The Kier molecular flexibility index (Phi) is 13.4. The number of benzene rings is 1. The number of halogens is 1. The summed E-state index contributed by atoms with van der Waals surface area (Å²) < 4.78 is 2.38. The van der Waals surface area contributed by atoms with Crippen LogP contribution in [0.2, 0.25) is 0 Å². The minimum atomic E-state index is -0.285. The molecule has 2 aromatic rings. The molecule has 0 unspecified atom stereocenters. The zero-order valence-electron chi connectivity index (χ0n) is 18.7. The van der Waals surface area contributed by atoms with Crippen LogP contribution in [0.15, 0.2) is 70.1 Å². The second-order valence-corrected chi connectivity index (χ2v) is 6.84. The van der Waals surface area contributed by atoms with Gasteiger partial charge in [0.05, 0.1) is 6.54 Å². The van der Waals surface area contributed by atoms with Gasteiger partial charge in [-0.1, -0.05) is 50.3 Å². The van der Waals surface area contributed by atoms with E-state index in [9.17, 15) is 4.79 Å². The summed E-state index contributed by atoms with van der Waals surface area (Å²) in [6.07, 6.45) is 9.62. The number of nitrogens with one attached hydrogen (secondary N) is 1. The molecule has 0 aliphatic rings. The van der Waals surface area contributed by atoms with Gasteiger partial charge >= 0.3 is 0 Å². The molecule has 4 nitrogen and oxygen atoms in total. The summed E-state index contributed by atoms with van der Waals surface area (Å²) in [5, 5.41) is 3.30. The van der Waals surface area contributed by atoms with Crippen LogP contribution in [0.3, 0.4) is 0 Å². The Morgan fingerprint density at radius 2 is 1.86 bits per heavy atom. The highest BCUT2D eigenvalue weighted by atomic mass is 79.9. The predicted molar refractivity (Wildman–Crippen MR) is 131 cm³/mol. The van der Waals surface area contributed by atoms with Gasteiger partial charge in [-0.25, -0.2) is 0 Å². The van der Waals surface area contributed by atoms with Gasteiger partial charge in [-0.2, -0.15) is 4.98 Å². The fourth-order valence-electron chi connectivity index (χ4n) is 2.35. The smallest absolute Gasteiger partial charge is 0.288 e. The molecule has 0 amide bonds. The van der Waals surface area contributed by atoms with Crippen molar-refractivity contribution in [2.45, 2.75) is 55.0 Å². The van der Waals surface area contributed by atoms with E-state index in [1.165, 1.54) is 5.56 Å². The largest absolute Gasteiger partial charge is 0.325 e. The fraction of sp³-hybridized carbons (Fsp3) is 0.333. The maximum atomic E-state index is 12.0. The lowest BCUT2D eigenvalue weighted by Crippen LogP contribution is -2.18. The number of hydrogen-bond donors (Lipinski definition) is 1. The molecule has 0 aliphatic heterocycles. The first-order valence-corrected chi connectivity index (χ1v) is 10.6. The van der Waals surface area contributed by atoms with E-state index >= 15 is 0 Å². The molecule has 158 valence electrons. The molecule has 0 saturated carbocycles. The van der Waals surface area contributed by atoms with Gasteiger partial charge in [0.1, 0.15) is 4.47 Å². The predicted octanol–water partition coefficient (Wildman–Crippen LogP) is 7.11. The van der Waals surface area contributed by atoms with Crippen molar-refractivity contribution < 1.29 is 0 Å². The Morgan fingerprint density at radius 1 is 1.24 bits per heavy atom. The van der Waals surface area contributed by atoms with Gasteiger partial charge in [-0.15, -0.1) is 6.58 Å². The molecule has 1 N–H and O–H groups in total. The normalized spacial score (nSPS) is 10.6. The first-order valence-electron chi connectivity index (χ1n) is 9.83. The van der Waals surface area contributed by atoms with Gasteiger partial charge in [-0.05, 0) is 73.3 Å². The molecule has 1 heterocycles. The van der Waals surface area contributed by atoms with Crippen molar-refractivity contribution in [1.29, 1.82) is 0 Å². The van der Waals surface area contributed by atoms with E-state index in [0.717, 1.165) is 16.8 Å². The number of aromatic nitrogens is 2. The highest BCUT2D eigenvalue weighted by Crippen LogP contribution is 2.22. The van der Waals surface area contributed by atoms with Crippen LogP contribution >= 0.6 is 15.9 Å². The number of anilines is 2. The Morgan fingerprint density at radius 3 is 2.41 bits per heavy atom. The Balaban J connectivity index is 0.00000143. The van der Waals surface area contributed by atoms with Crippen LogP contribution in [0.1, 0.15) is 45.7 Å². The van der Waals surface area contributed by atoms with Gasteiger partial charge in [0.15, 0.2) is 0 Å². The third-order valence-corrected chi connectivity index (χ3v) is 4.45. The van der Waals surface area contributed by atoms with E-state index in [0.29, 0.717) is 17.0 Å². The highest BCUT2D eigenvalue weighted by Gasteiger charge is 2.10. The quantitative estimate of drug-likeness (QED) is 0.382. The molecule has 0 aliphatic carbocycles. The van der Waals surface area contributed by atoms with Crippen molar-refractivity contribution >= 4 is 27.6 Å². The number of nitrogens with zero attached hydrogens (tertiary/aromatic N) is 2. The van der Waals surface area contributed by atoms with Crippen molar-refractivity contribution in [2.75, 3.05) is 5.32 Å². The van der Waals surface area contributed by atoms with Gasteiger partial charge in [-0.3, -0.25) is 4.79 Å². The Labute approximate surface area is 184 Å². The molecular weight excluding hydrogens is 426 g/mol. The average Bonchev–Trinajstić information content (AvgIpc) is 2.71. The third kappa shape index (κ3) is 8.65. The number of aryl methyl sites for hydroxylation is 1. The lowest BCUT2D eigenvalue weighted by Gasteiger charge is -2.16. The molecule has 2 rings (SSSR count). The van der Waals surface area contributed by atoms with Crippen molar-refractivity contribution in [3.8, 4) is 0 Å². The Bertz CT molecular complexity index is 895. The number of allylic oxidation sites excluding steroid dienone is 5. The summed E-state index contributed by atoms with van der Waals surface area (Å²) >= 11 is 3.28. The summed E-state index contributed by atoms with van der Waals surface area (Å²) in [7, 11) is 0. The summed E-state index contributed by atoms with van der Waals surface area (Å²) in [5.74, 6) is 0.528. The highest BCUT2D eigenvalue weighted by molar-refractivity contribution is 9.10. The molecule has 1 aromatic carbocycles. The maximum Gasteiger partial charge on any atom is 0.288 e. The van der Waals surface area contributed by atoms with Gasteiger partial charge in [0.25, 0.3) is 5.56 Å². The standard InChI is InChI=1S/C19H22BrN3O.C3H6.C2H6/c1-5-8-15(6-2)11-23-12-16(20)18(24)22-19(23)21-17-10-7-9-13(3)14(17)4;1-3-2;1-2/h5-10,12H,11H2,1-4H3,(H,21,22,24);3H,1H2,2H3;1-2H3/b8-5-,15-6+;;. The lowest BCUT2D eigenvalue weighted by atomic mass is 10.1. The average molecular weight is 460 g/mol. The monoisotopic (exact) mass is 459 g/mol. The summed E-state index contributed by atoms with van der Waals surface area (Å²) in [4.78, 5) is 16.2. The van der Waals surface area contributed by atoms with Crippen LogP contribution in [0.4, 0.5) is 11.6 Å². The zero-order valence-corrected chi connectivity index (χ0v) is 20.3. The fourth-order valence-corrected chi connectivity index (χ4v) is 2.68. The van der Waals surface area contributed by atoms with E-state index in [2.05, 4.69) is 52.7 Å². The van der Waals surface area contributed by atoms with Crippen LogP contribution in [-0.4, -0.2) is 9.55 Å². The summed E-state index contributed by atoms with van der Waals surface area (Å²) in [6, 6.07) is 6.04. The lowest BCUT2D eigenvalue weighted by molar-refractivity contribution is 0.766. The molecule has 1 aromatic heterocycles. The van der Waals surface area contributed by atoms with E-state index < -0.39 is 0 Å². The van der Waals surface area contributed by atoms with Gasteiger partial charge in [0, 0.05) is 11.9 Å². The molecular formula is C24H34BrN3O. The summed E-state index contributed by atoms with van der Waals surface area (Å²) in [6.45, 7) is 18.0. The molecule has 0 atom stereocenters. The Hall–Kier alpha value is -2.40. The van der Waals surface area contributed by atoms with Crippen LogP contribution in [-0.2, 0) is 6.54 Å². The van der Waals surface area contributed by atoms with Crippen LogP contribution in [0, 0.1) is 13.8 Å². The second kappa shape index (κ2) is 14.6. The molecule has 0 fully saturated rings. The third-order valence-electron chi connectivity index (χ3n) is 3.91. The van der Waals surface area contributed by atoms with E-state index in [4.69, 9.17) is 0 Å². The zero-order chi connectivity index (χ0) is 22.4. The van der Waals surface area contributed by atoms with Gasteiger partial charge in [0.2, 0.25) is 5.95 Å². The minimum Gasteiger partial charge on any atom is -0.325 e. The SMILES string of the molecule is C/C=C\C(=C/C)Cn1cc(Br)c(=O)nc1Nc1cccc(C)c1C.C=CC.CC. The molecule has 5 heteroatoms. The molecule has 0 radical (unpaired) electrons. The van der Waals surface area contributed by atoms with Crippen molar-refractivity contribution in [3.63, 3.8) is 0 Å². The molecule has 0 bridgehead atoms. The molecule has 29 heavy (non-hydrogen) atoms. The summed E-state index contributed by atoms with van der Waals surface area (Å²) in [5.41, 5.74) is 4.13. The number of rotatable bonds is 5. The first-order chi connectivity index (χ1) is 13.9.